The van der Waals surface area contributed by atoms with Gasteiger partial charge in [-0.3, -0.25) is 9.59 Å². The van der Waals surface area contributed by atoms with Crippen molar-refractivity contribution in [3.63, 3.8) is 0 Å². The molecule has 1 heterocycles. The normalized spacial score (nSPS) is 14.0. The Balaban J connectivity index is 1.53. The number of carbonyl (C=O) groups is 2. The Morgan fingerprint density at radius 3 is 2.36 bits per heavy atom. The van der Waals surface area contributed by atoms with Crippen molar-refractivity contribution in [2.75, 3.05) is 10.6 Å². The van der Waals surface area contributed by atoms with E-state index in [-0.39, 0.29) is 11.8 Å². The summed E-state index contributed by atoms with van der Waals surface area (Å²) in [5, 5.41) is 10.2. The second-order valence-electron chi connectivity index (χ2n) is 6.92. The Hall–Kier alpha value is -3.41. The van der Waals surface area contributed by atoms with Crippen LogP contribution in [-0.2, 0) is 0 Å². The van der Waals surface area contributed by atoms with Gasteiger partial charge in [0.2, 0.25) is 0 Å². The maximum atomic E-state index is 12.9. The first kappa shape index (κ1) is 18.0. The minimum absolute atomic E-state index is 0.253. The fourth-order valence-electron chi connectivity index (χ4n) is 3.61. The summed E-state index contributed by atoms with van der Waals surface area (Å²) in [6, 6.07) is 18.1. The predicted molar refractivity (Wildman–Crippen MR) is 109 cm³/mol. The van der Waals surface area contributed by atoms with Gasteiger partial charge < -0.3 is 10.6 Å². The molecule has 2 N–H and O–H groups in total. The molecular weight excluding hydrogens is 352 g/mol. The number of para-hydroxylation sites is 1. The summed E-state index contributed by atoms with van der Waals surface area (Å²) in [5.41, 5.74) is 1.42. The highest BCUT2D eigenvalue weighted by Gasteiger charge is 2.21. The van der Waals surface area contributed by atoms with Gasteiger partial charge in [-0.15, -0.1) is 0 Å². The molecule has 1 saturated carbocycles. The Bertz CT molecular complexity index is 975. The van der Waals surface area contributed by atoms with Crippen molar-refractivity contribution in [3.05, 3.63) is 78.0 Å². The SMILES string of the molecule is O=C(Nc1ccccc1C(=O)Nc1ccnn1C1CCCC1)c1ccccc1. The summed E-state index contributed by atoms with van der Waals surface area (Å²) >= 11 is 0. The minimum atomic E-state index is -0.274. The van der Waals surface area contributed by atoms with E-state index in [1.807, 2.05) is 10.7 Å². The smallest absolute Gasteiger partial charge is 0.258 e. The molecule has 2 aromatic carbocycles. The molecule has 2 amide bonds. The minimum Gasteiger partial charge on any atom is -0.321 e. The van der Waals surface area contributed by atoms with E-state index >= 15 is 0 Å². The van der Waals surface area contributed by atoms with Gasteiger partial charge in [-0.1, -0.05) is 43.2 Å². The standard InChI is InChI=1S/C22H22N4O2/c27-21(16-8-2-1-3-9-16)24-19-13-7-6-12-18(19)22(28)25-20-14-15-23-26(20)17-10-4-5-11-17/h1-3,6-9,12-15,17H,4-5,10-11H2,(H,24,27)(H,25,28). The number of carbonyl (C=O) groups excluding carboxylic acids is 2. The molecule has 0 radical (unpaired) electrons. The molecule has 28 heavy (non-hydrogen) atoms. The molecule has 1 aliphatic carbocycles. The average molecular weight is 374 g/mol. The summed E-state index contributed by atoms with van der Waals surface area (Å²) in [6.45, 7) is 0. The highest BCUT2D eigenvalue weighted by Crippen LogP contribution is 2.31. The first-order chi connectivity index (χ1) is 13.7. The van der Waals surface area contributed by atoms with Crippen LogP contribution >= 0.6 is 0 Å². The van der Waals surface area contributed by atoms with Gasteiger partial charge in [-0.25, -0.2) is 4.68 Å². The first-order valence-corrected chi connectivity index (χ1v) is 9.52. The number of nitrogens with zero attached hydrogens (tertiary/aromatic N) is 2. The molecule has 0 atom stereocenters. The Morgan fingerprint density at radius 1 is 0.857 bits per heavy atom. The topological polar surface area (TPSA) is 76.0 Å². The van der Waals surface area contributed by atoms with Crippen molar-refractivity contribution in [1.82, 2.24) is 9.78 Å². The molecule has 6 nitrogen and oxygen atoms in total. The zero-order chi connectivity index (χ0) is 19.3. The lowest BCUT2D eigenvalue weighted by molar-refractivity contribution is 0.102. The molecule has 1 aromatic heterocycles. The van der Waals surface area contributed by atoms with Crippen LogP contribution in [0.15, 0.2) is 66.9 Å². The van der Waals surface area contributed by atoms with Crippen LogP contribution in [0.1, 0.15) is 52.4 Å². The summed E-state index contributed by atoms with van der Waals surface area (Å²) in [4.78, 5) is 25.4. The van der Waals surface area contributed by atoms with Crippen LogP contribution < -0.4 is 10.6 Å². The number of hydrogen-bond acceptors (Lipinski definition) is 3. The number of hydrogen-bond donors (Lipinski definition) is 2. The van der Waals surface area contributed by atoms with Crippen molar-refractivity contribution in [2.45, 2.75) is 31.7 Å². The number of rotatable bonds is 5. The van der Waals surface area contributed by atoms with Gasteiger partial charge in [0.25, 0.3) is 11.8 Å². The molecule has 3 aromatic rings. The van der Waals surface area contributed by atoms with E-state index in [0.29, 0.717) is 28.7 Å². The van der Waals surface area contributed by atoms with E-state index in [1.54, 1.807) is 60.8 Å². The molecule has 0 bridgehead atoms. The highest BCUT2D eigenvalue weighted by molar-refractivity contribution is 6.12. The molecule has 1 fully saturated rings. The zero-order valence-electron chi connectivity index (χ0n) is 15.5. The van der Waals surface area contributed by atoms with E-state index in [1.165, 1.54) is 12.8 Å². The Morgan fingerprint density at radius 2 is 1.57 bits per heavy atom. The maximum absolute atomic E-state index is 12.9. The molecule has 6 heteroatoms. The van der Waals surface area contributed by atoms with E-state index in [9.17, 15) is 9.59 Å². The zero-order valence-corrected chi connectivity index (χ0v) is 15.5. The van der Waals surface area contributed by atoms with Gasteiger partial charge >= 0.3 is 0 Å². The molecule has 0 saturated heterocycles. The lowest BCUT2D eigenvalue weighted by atomic mass is 10.1. The number of amides is 2. The van der Waals surface area contributed by atoms with Crippen LogP contribution in [0.2, 0.25) is 0 Å². The number of aromatic nitrogens is 2. The van der Waals surface area contributed by atoms with E-state index in [0.717, 1.165) is 12.8 Å². The molecule has 1 aliphatic rings. The van der Waals surface area contributed by atoms with Gasteiger partial charge in [-0.2, -0.15) is 5.10 Å². The van der Waals surface area contributed by atoms with Gasteiger partial charge in [0, 0.05) is 11.6 Å². The first-order valence-electron chi connectivity index (χ1n) is 9.52. The van der Waals surface area contributed by atoms with E-state index in [4.69, 9.17) is 0 Å². The van der Waals surface area contributed by atoms with Crippen molar-refractivity contribution < 1.29 is 9.59 Å². The lowest BCUT2D eigenvalue weighted by Crippen LogP contribution is -2.20. The average Bonchev–Trinajstić information content (AvgIpc) is 3.40. The molecular formula is C22H22N4O2. The predicted octanol–water partition coefficient (Wildman–Crippen LogP) is 4.50. The quantitative estimate of drug-likeness (QED) is 0.690. The Kier molecular flexibility index (Phi) is 5.19. The maximum Gasteiger partial charge on any atom is 0.258 e. The number of nitrogens with one attached hydrogen (secondary N) is 2. The van der Waals surface area contributed by atoms with Crippen molar-refractivity contribution in [3.8, 4) is 0 Å². The van der Waals surface area contributed by atoms with Gasteiger partial charge in [-0.05, 0) is 37.1 Å². The second-order valence-corrected chi connectivity index (χ2v) is 6.92. The summed E-state index contributed by atoms with van der Waals surface area (Å²) in [6.07, 6.45) is 6.23. The molecule has 142 valence electrons. The fourth-order valence-corrected chi connectivity index (χ4v) is 3.61. The third-order valence-corrected chi connectivity index (χ3v) is 5.04. The van der Waals surface area contributed by atoms with Crippen LogP contribution in [0.3, 0.4) is 0 Å². The molecule has 4 rings (SSSR count). The number of benzene rings is 2. The second kappa shape index (κ2) is 8.08. The van der Waals surface area contributed by atoms with E-state index < -0.39 is 0 Å². The third kappa shape index (κ3) is 3.81. The molecule has 0 unspecified atom stereocenters. The summed E-state index contributed by atoms with van der Waals surface area (Å²) in [5.74, 6) is 0.154. The van der Waals surface area contributed by atoms with Crippen LogP contribution in [-0.4, -0.2) is 21.6 Å². The van der Waals surface area contributed by atoms with Crippen molar-refractivity contribution in [1.29, 1.82) is 0 Å². The molecule has 0 aliphatic heterocycles. The Labute approximate surface area is 163 Å². The molecule has 0 spiro atoms. The lowest BCUT2D eigenvalue weighted by Gasteiger charge is -2.16. The van der Waals surface area contributed by atoms with Crippen LogP contribution in [0.5, 0.6) is 0 Å². The van der Waals surface area contributed by atoms with Gasteiger partial charge in [0.1, 0.15) is 5.82 Å². The van der Waals surface area contributed by atoms with Crippen LogP contribution in [0.25, 0.3) is 0 Å². The summed E-state index contributed by atoms with van der Waals surface area (Å²) in [7, 11) is 0. The highest BCUT2D eigenvalue weighted by atomic mass is 16.2. The van der Waals surface area contributed by atoms with Gasteiger partial charge in [0.05, 0.1) is 23.5 Å². The van der Waals surface area contributed by atoms with Crippen LogP contribution in [0, 0.1) is 0 Å². The van der Waals surface area contributed by atoms with Gasteiger partial charge in [0.15, 0.2) is 0 Å². The summed E-state index contributed by atoms with van der Waals surface area (Å²) < 4.78 is 1.90. The van der Waals surface area contributed by atoms with Crippen LogP contribution in [0.4, 0.5) is 11.5 Å². The van der Waals surface area contributed by atoms with Crippen molar-refractivity contribution in [2.24, 2.45) is 0 Å². The van der Waals surface area contributed by atoms with Crippen molar-refractivity contribution >= 4 is 23.3 Å². The monoisotopic (exact) mass is 374 g/mol. The fraction of sp³-hybridized carbons (Fsp3) is 0.227. The number of anilines is 2. The van der Waals surface area contributed by atoms with E-state index in [2.05, 4.69) is 15.7 Å². The largest absolute Gasteiger partial charge is 0.321 e. The third-order valence-electron chi connectivity index (χ3n) is 5.04.